The van der Waals surface area contributed by atoms with Gasteiger partial charge in [-0.3, -0.25) is 9.59 Å². The fourth-order valence-electron chi connectivity index (χ4n) is 11.6. The molecule has 328 valence electrons. The second-order valence-electron chi connectivity index (χ2n) is 19.0. The van der Waals surface area contributed by atoms with E-state index in [0.29, 0.717) is 19.4 Å². The molecular weight excluding hydrogens is 741 g/mol. The minimum Gasteiger partial charge on any atom is -0.469 e. The molecule has 5 heterocycles. The highest BCUT2D eigenvalue weighted by atomic mass is 16.7. The zero-order valence-electron chi connectivity index (χ0n) is 37.5. The summed E-state index contributed by atoms with van der Waals surface area (Å²) >= 11 is 0. The van der Waals surface area contributed by atoms with Crippen molar-refractivity contribution in [3.8, 4) is 0 Å². The molecule has 0 bridgehead atoms. The van der Waals surface area contributed by atoms with Crippen LogP contribution in [0.15, 0.2) is 24.3 Å². The van der Waals surface area contributed by atoms with Gasteiger partial charge in [0.15, 0.2) is 12.1 Å². The molecule has 0 saturated carbocycles. The average molecular weight is 815 g/mol. The number of methoxy groups -OCH3 is 3. The second-order valence-corrected chi connectivity index (χ2v) is 19.0. The Morgan fingerprint density at radius 3 is 2.26 bits per heavy atom. The number of esters is 1. The summed E-state index contributed by atoms with van der Waals surface area (Å²) in [5.41, 5.74) is 1.34. The average Bonchev–Trinajstić information content (AvgIpc) is 3.94. The van der Waals surface area contributed by atoms with Gasteiger partial charge in [0, 0.05) is 44.8 Å². The predicted octanol–water partition coefficient (Wildman–Crippen LogP) is 8.01. The van der Waals surface area contributed by atoms with Crippen LogP contribution in [0.2, 0.25) is 0 Å². The molecule has 0 aromatic heterocycles. The molecule has 0 amide bonds. The molecule has 58 heavy (non-hydrogen) atoms. The maximum Gasteiger partial charge on any atom is 0.311 e. The zero-order valence-corrected chi connectivity index (χ0v) is 37.5. The lowest BCUT2D eigenvalue weighted by Crippen LogP contribution is -2.57. The van der Waals surface area contributed by atoms with E-state index in [4.69, 9.17) is 42.6 Å². The van der Waals surface area contributed by atoms with Crippen molar-refractivity contribution in [1.82, 2.24) is 0 Å². The van der Waals surface area contributed by atoms with E-state index in [1.807, 2.05) is 13.8 Å². The third-order valence-electron chi connectivity index (χ3n) is 15.2. The number of hydrogen-bond donors (Lipinski definition) is 0. The van der Waals surface area contributed by atoms with Crippen LogP contribution >= 0.6 is 0 Å². The molecule has 0 radical (unpaired) electrons. The Hall–Kier alpha value is -1.96. The number of carbonyl (C=O) groups is 2. The molecule has 0 unspecified atom stereocenters. The van der Waals surface area contributed by atoms with E-state index in [-0.39, 0.29) is 72.2 Å². The predicted molar refractivity (Wildman–Crippen MR) is 219 cm³/mol. The van der Waals surface area contributed by atoms with Crippen molar-refractivity contribution >= 4 is 12.3 Å². The van der Waals surface area contributed by atoms with E-state index in [1.54, 1.807) is 14.2 Å². The van der Waals surface area contributed by atoms with Crippen molar-refractivity contribution in [2.45, 2.75) is 192 Å². The highest BCUT2D eigenvalue weighted by molar-refractivity contribution is 5.72. The normalized spacial score (nSPS) is 43.3. The maximum absolute atomic E-state index is 12.8. The van der Waals surface area contributed by atoms with E-state index in [2.05, 4.69) is 72.7 Å². The summed E-state index contributed by atoms with van der Waals surface area (Å²) in [6, 6.07) is 8.63. The minimum atomic E-state index is -1.26. The molecule has 17 atom stereocenters. The van der Waals surface area contributed by atoms with Crippen LogP contribution in [0.25, 0.3) is 0 Å². The molecule has 11 nitrogen and oxygen atoms in total. The molecule has 5 aliphatic heterocycles. The monoisotopic (exact) mass is 815 g/mol. The van der Waals surface area contributed by atoms with Crippen molar-refractivity contribution < 1.29 is 52.2 Å². The Morgan fingerprint density at radius 1 is 0.931 bits per heavy atom. The Balaban J connectivity index is 1.20. The summed E-state index contributed by atoms with van der Waals surface area (Å²) < 4.78 is 58.9. The molecule has 11 heteroatoms. The summed E-state index contributed by atoms with van der Waals surface area (Å²) in [6.45, 7) is 19.6. The van der Waals surface area contributed by atoms with Gasteiger partial charge in [0.2, 0.25) is 5.79 Å². The lowest BCUT2D eigenvalue weighted by Gasteiger charge is -2.50. The first-order chi connectivity index (χ1) is 27.6. The maximum atomic E-state index is 12.8. The van der Waals surface area contributed by atoms with Gasteiger partial charge < -0.3 is 42.6 Å². The van der Waals surface area contributed by atoms with Crippen molar-refractivity contribution in [3.63, 3.8) is 0 Å². The van der Waals surface area contributed by atoms with E-state index in [9.17, 15) is 9.59 Å². The number of carbonyl (C=O) groups excluding carboxylic acids is 2. The molecule has 5 fully saturated rings. The minimum absolute atomic E-state index is 0.00225. The van der Waals surface area contributed by atoms with Crippen LogP contribution in [0.5, 0.6) is 0 Å². The lowest BCUT2D eigenvalue weighted by atomic mass is 9.78. The fourth-order valence-corrected chi connectivity index (χ4v) is 11.6. The summed E-state index contributed by atoms with van der Waals surface area (Å²) in [4.78, 5) is 25.0. The van der Waals surface area contributed by atoms with Gasteiger partial charge in [-0.2, -0.15) is 0 Å². The van der Waals surface area contributed by atoms with E-state index in [1.165, 1.54) is 12.7 Å². The van der Waals surface area contributed by atoms with Gasteiger partial charge in [-0.05, 0) is 81.8 Å². The Bertz CT molecular complexity index is 1540. The van der Waals surface area contributed by atoms with E-state index in [0.717, 1.165) is 56.8 Å². The van der Waals surface area contributed by atoms with Crippen LogP contribution in [0.4, 0.5) is 0 Å². The molecule has 5 aliphatic rings. The van der Waals surface area contributed by atoms with Gasteiger partial charge in [0.25, 0.3) is 0 Å². The third-order valence-corrected chi connectivity index (χ3v) is 15.2. The molecule has 0 N–H and O–H groups in total. The van der Waals surface area contributed by atoms with Crippen molar-refractivity contribution in [2.24, 2.45) is 35.5 Å². The zero-order chi connectivity index (χ0) is 42.2. The first-order valence-corrected chi connectivity index (χ1v) is 22.3. The van der Waals surface area contributed by atoms with Crippen LogP contribution in [0.3, 0.4) is 0 Å². The van der Waals surface area contributed by atoms with Crippen molar-refractivity contribution in [1.29, 1.82) is 0 Å². The number of ether oxygens (including phenoxy) is 9. The molecule has 6 rings (SSSR count). The molecule has 1 spiro atoms. The van der Waals surface area contributed by atoms with E-state index < -0.39 is 34.8 Å². The van der Waals surface area contributed by atoms with Crippen LogP contribution in [-0.2, 0) is 65.2 Å². The number of hydrogen-bond acceptors (Lipinski definition) is 11. The quantitative estimate of drug-likeness (QED) is 0.127. The van der Waals surface area contributed by atoms with Gasteiger partial charge >= 0.3 is 5.97 Å². The molecule has 1 aromatic rings. The summed E-state index contributed by atoms with van der Waals surface area (Å²) in [7, 11) is 4.61. The van der Waals surface area contributed by atoms with Crippen LogP contribution in [0, 0.1) is 35.5 Å². The number of aryl methyl sites for hydroxylation is 1. The second kappa shape index (κ2) is 18.2. The fraction of sp³-hybridized carbons (Fsp3) is 0.830. The largest absolute Gasteiger partial charge is 0.469 e. The van der Waals surface area contributed by atoms with Gasteiger partial charge in [0.1, 0.15) is 0 Å². The lowest BCUT2D eigenvalue weighted by molar-refractivity contribution is -0.339. The highest BCUT2D eigenvalue weighted by Crippen LogP contribution is 2.55. The summed E-state index contributed by atoms with van der Waals surface area (Å²) in [6.07, 6.45) is 6.40. The summed E-state index contributed by atoms with van der Waals surface area (Å²) in [5.74, 6) is -2.72. The number of aldehydes is 1. The smallest absolute Gasteiger partial charge is 0.311 e. The number of benzene rings is 1. The van der Waals surface area contributed by atoms with Gasteiger partial charge in [-0.1, -0.05) is 72.7 Å². The van der Waals surface area contributed by atoms with Gasteiger partial charge in [0.05, 0.1) is 73.6 Å². The first-order valence-electron chi connectivity index (χ1n) is 22.3. The molecule has 1 aromatic carbocycles. The van der Waals surface area contributed by atoms with E-state index >= 15 is 0 Å². The molecule has 5 saturated heterocycles. The van der Waals surface area contributed by atoms with Gasteiger partial charge in [-0.15, -0.1) is 0 Å². The Morgan fingerprint density at radius 2 is 1.64 bits per heavy atom. The highest BCUT2D eigenvalue weighted by Gasteiger charge is 2.62. The first kappa shape index (κ1) is 45.6. The van der Waals surface area contributed by atoms with Crippen molar-refractivity contribution in [3.05, 3.63) is 35.4 Å². The topological polar surface area (TPSA) is 117 Å². The Kier molecular flexibility index (Phi) is 14.3. The summed E-state index contributed by atoms with van der Waals surface area (Å²) in [5, 5.41) is 0. The van der Waals surface area contributed by atoms with Crippen molar-refractivity contribution in [2.75, 3.05) is 21.3 Å². The Labute approximate surface area is 348 Å². The SMILES string of the molecule is CCc1ccc(CO[C@H]2C[C@]3(CC[C@@](C)([C@H]4CC[C@@](CC)([C@@H]5O[C@@H]([C@H]6O[C@](C=O)(OC)[C@H](C)C[C@@H]6C)C[C@@H]5C)O4)O3)O[C@H]([C@@H](C)[C@@H](OC)[C@H](C)C(=O)OC)[C@@H]2C)cc1. The number of rotatable bonds is 15. The standard InChI is InChI=1S/C47H74O11/c1-13-34-15-17-35(18-16-34)26-53-37-25-46(56-41(31(37)6)32(7)40(50-10)33(8)43(49)51-11)22-21-44(9,58-46)38-19-20-45(14-2,55-38)42-29(4)24-36(54-42)39-28(3)23-30(5)47(27-48,52-12)57-39/h15-18,27-33,36-42H,13-14,19-26H2,1-12H3/t28-,29-,30+,31+,32-,33-,36+,37-,38+,39-,40+,41-,42+,44-,45-,46+,47-/m0/s1. The van der Waals surface area contributed by atoms with Gasteiger partial charge in [-0.25, -0.2) is 0 Å². The third kappa shape index (κ3) is 8.59. The molecular formula is C47H74O11. The molecule has 0 aliphatic carbocycles. The van der Waals surface area contributed by atoms with Crippen LogP contribution < -0.4 is 0 Å². The van der Waals surface area contributed by atoms with Crippen LogP contribution in [0.1, 0.15) is 125 Å². The van der Waals surface area contributed by atoms with Crippen LogP contribution in [-0.4, -0.2) is 99.1 Å².